The van der Waals surface area contributed by atoms with Crippen LogP contribution in [0.5, 0.6) is 34.5 Å². The summed E-state index contributed by atoms with van der Waals surface area (Å²) in [4.78, 5) is 43.8. The van der Waals surface area contributed by atoms with Crippen LogP contribution in [-0.2, 0) is 88.3 Å². The van der Waals surface area contributed by atoms with E-state index in [0.717, 1.165) is 199 Å². The molecule has 3 N–H and O–H groups in total. The summed E-state index contributed by atoms with van der Waals surface area (Å²) in [5, 5.41) is 19.7. The van der Waals surface area contributed by atoms with E-state index >= 15 is 0 Å². The minimum atomic E-state index is -0.336. The van der Waals surface area contributed by atoms with Gasteiger partial charge in [0.2, 0.25) is 17.7 Å². The van der Waals surface area contributed by atoms with Crippen LogP contribution in [0.25, 0.3) is 0 Å². The summed E-state index contributed by atoms with van der Waals surface area (Å²) in [5.74, 6) is 5.63. The number of piperidine rings is 3. The number of amides is 3. The second kappa shape index (κ2) is 53.1. The fraction of sp³-hybridized carbons (Fsp3) is 0.463. The molecule has 3 fully saturated rings. The standard InChI is InChI=1S/C37H48N2O5.C36H43N3O5.C35H43FN2O5/c1-3-29-9-4-5-10-35(29)43-24-7-6-23-42-32-16-13-30(14-17-32)33-19-20-38-26-36(33)44-27-28-11-12-31-15-18-37(40)39(34(31)25-28)21-8-22-41-2;1-41-20-6-19-39-33-23-27(9-10-29(33)13-16-36(39)40)26-44-35-25-38-18-17-32(35)28-11-14-31(15-12-28)42-21-4-5-22-43-34-8-3-2-7-30(34)24-37;1-40-20-6-19-38-32-23-26(9-10-28(32)13-16-35(38)39)25-43-34-24-37-18-17-30(34)27-11-14-29(15-12-27)41-21-4-5-22-42-33-8-3-2-7-31(33)36/h4-5,9-14,16-17,25,33,36,38H,3,6-8,15,18-24,26-27H2,1-2H3;2-3,7-12,14-15,23,32,35,38H,4-6,13,16-22,25-26H2,1H3;2-3,7-12,14-15,23,30,34,37H,4-6,13,16-22,24-25H2,1H3/t33-,36+;32-,35+;30-,34+/m111/s1. The maximum atomic E-state index is 13.6. The van der Waals surface area contributed by atoms with E-state index < -0.39 is 0 Å². The van der Waals surface area contributed by atoms with Gasteiger partial charge in [0.1, 0.15) is 34.8 Å². The molecule has 6 heterocycles. The number of para-hydroxylation sites is 3. The smallest absolute Gasteiger partial charge is 0.227 e. The normalized spacial score (nSPS) is 18.2. The summed E-state index contributed by atoms with van der Waals surface area (Å²) in [6, 6.07) is 68.8. The molecule has 0 spiro atoms. The summed E-state index contributed by atoms with van der Waals surface area (Å²) in [6.07, 6.45) is 15.9. The third-order valence-corrected chi connectivity index (χ3v) is 25.2. The van der Waals surface area contributed by atoms with E-state index in [9.17, 15) is 24.0 Å². The Balaban J connectivity index is 0.000000167. The minimum absolute atomic E-state index is 0.0467. The van der Waals surface area contributed by atoms with Crippen LogP contribution in [0.15, 0.2) is 200 Å². The highest BCUT2D eigenvalue weighted by Crippen LogP contribution is 2.38. The fourth-order valence-electron chi connectivity index (χ4n) is 18.0. The molecule has 9 aromatic carbocycles. The van der Waals surface area contributed by atoms with E-state index in [-0.39, 0.29) is 47.8 Å². The predicted molar refractivity (Wildman–Crippen MR) is 511 cm³/mol. The van der Waals surface area contributed by atoms with Crippen molar-refractivity contribution in [2.24, 2.45) is 0 Å². The number of benzene rings is 9. The molecule has 9 aromatic rings. The number of halogens is 1. The van der Waals surface area contributed by atoms with Gasteiger partial charge in [-0.3, -0.25) is 14.4 Å². The number of carbonyl (C=O) groups excluding carboxylic acids is 3. The number of carbonyl (C=O) groups is 3. The van der Waals surface area contributed by atoms with Crippen LogP contribution in [0.3, 0.4) is 0 Å². The molecule has 6 atom stereocenters. The Kier molecular flexibility index (Phi) is 39.6. The molecule has 22 nitrogen and oxygen atoms in total. The Hall–Kier alpha value is -10.8. The van der Waals surface area contributed by atoms with Gasteiger partial charge in [0, 0.05) is 134 Å². The predicted octanol–water partition coefficient (Wildman–Crippen LogP) is 18.3. The fourth-order valence-corrected chi connectivity index (χ4v) is 18.0. The van der Waals surface area contributed by atoms with Gasteiger partial charge in [-0.25, -0.2) is 4.39 Å². The average Bonchev–Trinajstić information content (AvgIpc) is 0.801. The Bertz CT molecular complexity index is 5040. The molecule has 15 rings (SSSR count). The summed E-state index contributed by atoms with van der Waals surface area (Å²) >= 11 is 0. The van der Waals surface area contributed by atoms with Crippen LogP contribution < -0.4 is 59.1 Å². The first kappa shape index (κ1) is 97.8. The van der Waals surface area contributed by atoms with Crippen LogP contribution in [0.1, 0.15) is 182 Å². The Labute approximate surface area is 774 Å². The SMILES string of the molecule is CCc1ccccc1OCCCCOc1ccc([C@H]2CCNC[C@@H]2OCc2ccc3c(c2)N(CCCOC)C(=O)CC3)cc1.COCCCN1C(=O)CCc2ccc(CO[C@H]3CNCC[C@@H]3c3ccc(OCCCCOc4ccccc4C#N)cc3)cc21.COCCCN1C(=O)CCc2ccc(CO[C@H]3CNCC[C@@H]3c3ccc(OCCCCOc4ccccc4F)cc3)cc21. The zero-order valence-corrected chi connectivity index (χ0v) is 77.1. The van der Waals surface area contributed by atoms with Crippen molar-refractivity contribution in [1.82, 2.24) is 16.0 Å². The van der Waals surface area contributed by atoms with Gasteiger partial charge in [-0.15, -0.1) is 0 Å². The van der Waals surface area contributed by atoms with E-state index in [1.165, 1.54) is 45.0 Å². The molecule has 6 aliphatic heterocycles. The summed E-state index contributed by atoms with van der Waals surface area (Å²) in [5.41, 5.74) is 15.6. The van der Waals surface area contributed by atoms with Crippen LogP contribution in [0.2, 0.25) is 0 Å². The molecule has 0 aliphatic carbocycles. The van der Waals surface area contributed by atoms with E-state index in [1.54, 1.807) is 45.6 Å². The lowest BCUT2D eigenvalue weighted by atomic mass is 9.87. The molecule has 3 saturated heterocycles. The summed E-state index contributed by atoms with van der Waals surface area (Å²) in [6.45, 7) is 16.5. The first-order chi connectivity index (χ1) is 64.4. The quantitative estimate of drug-likeness (QED) is 0.0301. The monoisotopic (exact) mass is 1790 g/mol. The summed E-state index contributed by atoms with van der Waals surface area (Å²) < 4.78 is 84.0. The molecule has 698 valence electrons. The lowest BCUT2D eigenvalue weighted by Gasteiger charge is -2.33. The number of nitriles is 1. The number of rotatable bonds is 46. The number of anilines is 3. The van der Waals surface area contributed by atoms with Gasteiger partial charge in [0.05, 0.1) is 83.3 Å². The maximum absolute atomic E-state index is 13.6. The number of hydrogen-bond donors (Lipinski definition) is 3. The first-order valence-electron chi connectivity index (χ1n) is 47.5. The lowest BCUT2D eigenvalue weighted by molar-refractivity contribution is -0.119. The number of aryl methyl sites for hydroxylation is 4. The number of nitrogens with one attached hydrogen (secondary N) is 3. The molecule has 23 heteroatoms. The van der Waals surface area contributed by atoms with Crippen molar-refractivity contribution < 1.29 is 75.6 Å². The minimum Gasteiger partial charge on any atom is -0.494 e. The van der Waals surface area contributed by atoms with Gasteiger partial charge < -0.3 is 87.5 Å². The third-order valence-electron chi connectivity index (χ3n) is 25.2. The Morgan fingerprint density at radius 3 is 1.05 bits per heavy atom. The second-order valence-corrected chi connectivity index (χ2v) is 34.3. The molecular formula is C108H134FN7O15. The van der Waals surface area contributed by atoms with Crippen molar-refractivity contribution in [3.8, 4) is 40.6 Å². The molecule has 0 saturated carbocycles. The van der Waals surface area contributed by atoms with Crippen molar-refractivity contribution in [2.45, 2.75) is 185 Å². The number of ether oxygens (including phenoxy) is 12. The van der Waals surface area contributed by atoms with Crippen molar-refractivity contribution in [2.75, 3.05) is 154 Å². The number of nitrogens with zero attached hydrogens (tertiary/aromatic N) is 4. The van der Waals surface area contributed by atoms with Crippen molar-refractivity contribution >= 4 is 34.8 Å². The Morgan fingerprint density at radius 2 is 0.695 bits per heavy atom. The van der Waals surface area contributed by atoms with Gasteiger partial charge in [-0.05, 0) is 263 Å². The van der Waals surface area contributed by atoms with Crippen molar-refractivity contribution in [3.05, 3.63) is 267 Å². The highest BCUT2D eigenvalue weighted by molar-refractivity contribution is 5.98. The number of methoxy groups -OCH3 is 3. The largest absolute Gasteiger partial charge is 0.494 e. The molecule has 0 radical (unpaired) electrons. The lowest BCUT2D eigenvalue weighted by Crippen LogP contribution is -2.41. The van der Waals surface area contributed by atoms with E-state index in [0.29, 0.717) is 147 Å². The van der Waals surface area contributed by atoms with Crippen LogP contribution in [0, 0.1) is 17.1 Å². The average molecular weight is 1790 g/mol. The van der Waals surface area contributed by atoms with Crippen LogP contribution in [0.4, 0.5) is 21.5 Å². The van der Waals surface area contributed by atoms with Gasteiger partial charge in [0.25, 0.3) is 0 Å². The first-order valence-corrected chi connectivity index (χ1v) is 47.5. The molecule has 3 amide bonds. The van der Waals surface area contributed by atoms with Gasteiger partial charge in [-0.1, -0.05) is 122 Å². The topological polar surface area (TPSA) is 232 Å². The number of hydrogen-bond acceptors (Lipinski definition) is 19. The second-order valence-electron chi connectivity index (χ2n) is 34.3. The molecule has 0 unspecified atom stereocenters. The van der Waals surface area contributed by atoms with E-state index in [4.69, 9.17) is 56.8 Å². The highest BCUT2D eigenvalue weighted by atomic mass is 19.1. The molecule has 131 heavy (non-hydrogen) atoms. The number of fused-ring (bicyclic) bond motifs is 3. The van der Waals surface area contributed by atoms with Crippen LogP contribution in [-0.4, -0.2) is 176 Å². The van der Waals surface area contributed by atoms with Crippen molar-refractivity contribution in [3.63, 3.8) is 0 Å². The van der Waals surface area contributed by atoms with E-state index in [1.807, 2.05) is 69.3 Å². The molecule has 6 aliphatic rings. The molecule has 0 bridgehead atoms. The summed E-state index contributed by atoms with van der Waals surface area (Å²) in [7, 11) is 5.08. The third kappa shape index (κ3) is 29.4. The van der Waals surface area contributed by atoms with Gasteiger partial charge in [0.15, 0.2) is 11.6 Å². The van der Waals surface area contributed by atoms with E-state index in [2.05, 4.69) is 144 Å². The zero-order chi connectivity index (χ0) is 91.0. The molecular weight excluding hydrogens is 1650 g/mol. The van der Waals surface area contributed by atoms with Crippen molar-refractivity contribution in [1.29, 1.82) is 5.26 Å². The maximum Gasteiger partial charge on any atom is 0.227 e. The Morgan fingerprint density at radius 1 is 0.366 bits per heavy atom. The van der Waals surface area contributed by atoms with Gasteiger partial charge >= 0.3 is 0 Å². The molecule has 0 aromatic heterocycles. The zero-order valence-electron chi connectivity index (χ0n) is 77.1. The van der Waals surface area contributed by atoms with Gasteiger partial charge in [-0.2, -0.15) is 5.26 Å². The van der Waals surface area contributed by atoms with Crippen LogP contribution >= 0.6 is 0 Å². The highest BCUT2D eigenvalue weighted by Gasteiger charge is 2.33. The number of unbranched alkanes of at least 4 members (excludes halogenated alkanes) is 3.